The van der Waals surface area contributed by atoms with E-state index >= 15 is 0 Å². The van der Waals surface area contributed by atoms with Crippen LogP contribution < -0.4 is 29.1 Å². The van der Waals surface area contributed by atoms with Crippen LogP contribution in [-0.2, 0) is 14.3 Å². The zero-order chi connectivity index (χ0) is 28.3. The molecule has 1 aliphatic rings. The second kappa shape index (κ2) is 11.7. The fourth-order valence-corrected chi connectivity index (χ4v) is 5.32. The Morgan fingerprint density at radius 2 is 1.85 bits per heavy atom. The van der Waals surface area contributed by atoms with E-state index in [9.17, 15) is 14.4 Å². The Morgan fingerprint density at radius 3 is 2.46 bits per heavy atom. The standard InChI is InChI=1S/C29H30N2O7S/c1-7-36-28(34)25-17(4)30-29-31(26(25)20-9-11-21(12-10-20)37-16(2)3)27(33)24(39-29)15-19-8-13-22(38-18(5)32)23(14-19)35-6/h8-16,26H,7H2,1-6H3/b24-15-/t26-/m0/s1. The van der Waals surface area contributed by atoms with Crippen molar-refractivity contribution in [3.63, 3.8) is 0 Å². The number of carbonyl (C=O) groups excluding carboxylic acids is 2. The summed E-state index contributed by atoms with van der Waals surface area (Å²) < 4.78 is 23.6. The molecular formula is C29H30N2O7S. The third-order valence-electron chi connectivity index (χ3n) is 5.82. The van der Waals surface area contributed by atoms with Crippen molar-refractivity contribution in [2.24, 2.45) is 4.99 Å². The van der Waals surface area contributed by atoms with Gasteiger partial charge in [-0.2, -0.15) is 0 Å². The number of fused-ring (bicyclic) bond motifs is 1. The molecule has 1 aliphatic heterocycles. The third kappa shape index (κ3) is 5.96. The molecule has 3 aromatic rings. The van der Waals surface area contributed by atoms with E-state index in [1.54, 1.807) is 38.1 Å². The Kier molecular flexibility index (Phi) is 8.35. The number of benzene rings is 2. The molecule has 0 saturated carbocycles. The van der Waals surface area contributed by atoms with Crippen LogP contribution in [0.15, 0.2) is 63.5 Å². The van der Waals surface area contributed by atoms with Crippen LogP contribution in [0.25, 0.3) is 6.08 Å². The smallest absolute Gasteiger partial charge is 0.338 e. The molecule has 2 heterocycles. The molecule has 0 fully saturated rings. The number of ether oxygens (including phenoxy) is 4. The fourth-order valence-electron chi connectivity index (χ4n) is 4.27. The molecule has 0 amide bonds. The van der Waals surface area contributed by atoms with Crippen LogP contribution in [0.3, 0.4) is 0 Å². The third-order valence-corrected chi connectivity index (χ3v) is 6.81. The van der Waals surface area contributed by atoms with Crippen molar-refractivity contribution < 1.29 is 28.5 Å². The van der Waals surface area contributed by atoms with E-state index in [0.29, 0.717) is 37.7 Å². The van der Waals surface area contributed by atoms with Gasteiger partial charge in [-0.1, -0.05) is 29.5 Å². The van der Waals surface area contributed by atoms with Gasteiger partial charge in [-0.3, -0.25) is 14.2 Å². The molecular weight excluding hydrogens is 520 g/mol. The number of hydrogen-bond donors (Lipinski definition) is 0. The highest BCUT2D eigenvalue weighted by molar-refractivity contribution is 7.07. The number of esters is 2. The highest BCUT2D eigenvalue weighted by Crippen LogP contribution is 2.32. The molecule has 0 spiro atoms. The first kappa shape index (κ1) is 27.8. The number of rotatable bonds is 8. The van der Waals surface area contributed by atoms with Gasteiger partial charge in [-0.15, -0.1) is 0 Å². The lowest BCUT2D eigenvalue weighted by atomic mass is 9.96. The van der Waals surface area contributed by atoms with Crippen molar-refractivity contribution in [1.29, 1.82) is 0 Å². The van der Waals surface area contributed by atoms with Crippen molar-refractivity contribution in [2.45, 2.75) is 46.8 Å². The summed E-state index contributed by atoms with van der Waals surface area (Å²) >= 11 is 1.22. The monoisotopic (exact) mass is 550 g/mol. The van der Waals surface area contributed by atoms with Crippen molar-refractivity contribution in [3.8, 4) is 17.2 Å². The average molecular weight is 551 g/mol. The number of hydrogen-bond acceptors (Lipinski definition) is 9. The molecule has 4 rings (SSSR count). The van der Waals surface area contributed by atoms with Gasteiger partial charge in [0.2, 0.25) is 0 Å². The summed E-state index contributed by atoms with van der Waals surface area (Å²) in [5.41, 5.74) is 1.88. The van der Waals surface area contributed by atoms with Gasteiger partial charge < -0.3 is 18.9 Å². The quantitative estimate of drug-likeness (QED) is 0.312. The number of carbonyl (C=O) groups is 2. The Morgan fingerprint density at radius 1 is 1.13 bits per heavy atom. The summed E-state index contributed by atoms with van der Waals surface area (Å²) in [5.74, 6) is 0.333. The van der Waals surface area contributed by atoms with Crippen molar-refractivity contribution in [1.82, 2.24) is 4.57 Å². The van der Waals surface area contributed by atoms with Crippen LogP contribution in [0.2, 0.25) is 0 Å². The van der Waals surface area contributed by atoms with Gasteiger partial charge in [0.1, 0.15) is 5.75 Å². The van der Waals surface area contributed by atoms with Crippen LogP contribution in [0.1, 0.15) is 51.8 Å². The molecule has 10 heteroatoms. The minimum atomic E-state index is -0.726. The lowest BCUT2D eigenvalue weighted by Crippen LogP contribution is -2.39. The summed E-state index contributed by atoms with van der Waals surface area (Å²) in [6.07, 6.45) is 1.72. The Balaban J connectivity index is 1.86. The van der Waals surface area contributed by atoms with Gasteiger partial charge in [-0.05, 0) is 69.2 Å². The van der Waals surface area contributed by atoms with Crippen LogP contribution in [0.4, 0.5) is 0 Å². The second-order valence-corrected chi connectivity index (χ2v) is 10.1. The maximum absolute atomic E-state index is 13.8. The van der Waals surface area contributed by atoms with E-state index in [1.807, 2.05) is 38.1 Å². The lowest BCUT2D eigenvalue weighted by Gasteiger charge is -2.25. The van der Waals surface area contributed by atoms with Gasteiger partial charge in [0.25, 0.3) is 5.56 Å². The maximum Gasteiger partial charge on any atom is 0.338 e. The largest absolute Gasteiger partial charge is 0.493 e. The molecule has 0 radical (unpaired) electrons. The van der Waals surface area contributed by atoms with E-state index in [0.717, 1.165) is 5.56 Å². The van der Waals surface area contributed by atoms with Crippen LogP contribution in [-0.4, -0.2) is 36.3 Å². The maximum atomic E-state index is 13.8. The van der Waals surface area contributed by atoms with Crippen LogP contribution in [0, 0.1) is 0 Å². The van der Waals surface area contributed by atoms with Gasteiger partial charge >= 0.3 is 11.9 Å². The molecule has 0 aliphatic carbocycles. The number of allylic oxidation sites excluding steroid dienone is 1. The van der Waals surface area contributed by atoms with Gasteiger partial charge in [0.15, 0.2) is 16.3 Å². The fraction of sp³-hybridized carbons (Fsp3) is 0.310. The minimum Gasteiger partial charge on any atom is -0.493 e. The SMILES string of the molecule is CCOC(=O)C1=C(C)N=c2s/c(=C\c3ccc(OC(C)=O)c(OC)c3)c(=O)n2[C@H]1c1ccc(OC(C)C)cc1. The molecule has 0 N–H and O–H groups in total. The van der Waals surface area contributed by atoms with E-state index in [2.05, 4.69) is 4.99 Å². The van der Waals surface area contributed by atoms with Crippen LogP contribution in [0.5, 0.6) is 17.2 Å². The molecule has 0 saturated heterocycles. The molecule has 0 unspecified atom stereocenters. The first-order valence-electron chi connectivity index (χ1n) is 12.5. The topological polar surface area (TPSA) is 105 Å². The number of nitrogens with zero attached hydrogens (tertiary/aromatic N) is 2. The lowest BCUT2D eigenvalue weighted by molar-refractivity contribution is -0.139. The predicted molar refractivity (Wildman–Crippen MR) is 147 cm³/mol. The average Bonchev–Trinajstić information content (AvgIpc) is 3.18. The summed E-state index contributed by atoms with van der Waals surface area (Å²) in [5, 5.41) is 0. The van der Waals surface area contributed by atoms with E-state index in [-0.39, 0.29) is 24.0 Å². The molecule has 39 heavy (non-hydrogen) atoms. The Labute approximate surface area is 229 Å². The van der Waals surface area contributed by atoms with Crippen LogP contribution >= 0.6 is 11.3 Å². The first-order chi connectivity index (χ1) is 18.6. The van der Waals surface area contributed by atoms with E-state index in [4.69, 9.17) is 18.9 Å². The molecule has 0 bridgehead atoms. The zero-order valence-corrected chi connectivity index (χ0v) is 23.5. The van der Waals surface area contributed by atoms with Gasteiger partial charge in [0, 0.05) is 6.92 Å². The van der Waals surface area contributed by atoms with Gasteiger partial charge in [-0.25, -0.2) is 9.79 Å². The number of thiazole rings is 1. The summed E-state index contributed by atoms with van der Waals surface area (Å²) in [4.78, 5) is 43.3. The highest BCUT2D eigenvalue weighted by atomic mass is 32.1. The Bertz CT molecular complexity index is 1610. The van der Waals surface area contributed by atoms with Gasteiger partial charge in [0.05, 0.1) is 41.7 Å². The Hall–Kier alpha value is -4.18. The summed E-state index contributed by atoms with van der Waals surface area (Å²) in [6.45, 7) is 8.86. The minimum absolute atomic E-state index is 0.00692. The van der Waals surface area contributed by atoms with Crippen molar-refractivity contribution >= 4 is 29.4 Å². The number of methoxy groups -OCH3 is 1. The molecule has 1 aromatic heterocycles. The summed E-state index contributed by atoms with van der Waals surface area (Å²) in [7, 11) is 1.47. The highest BCUT2D eigenvalue weighted by Gasteiger charge is 2.33. The number of aromatic nitrogens is 1. The predicted octanol–water partition coefficient (Wildman–Crippen LogP) is 3.52. The summed E-state index contributed by atoms with van der Waals surface area (Å²) in [6, 6.07) is 11.6. The van der Waals surface area contributed by atoms with Crippen molar-refractivity contribution in [3.05, 3.63) is 84.5 Å². The first-order valence-corrected chi connectivity index (χ1v) is 13.3. The molecule has 9 nitrogen and oxygen atoms in total. The second-order valence-electron chi connectivity index (χ2n) is 9.04. The van der Waals surface area contributed by atoms with E-state index < -0.39 is 18.0 Å². The normalized spacial score (nSPS) is 15.1. The molecule has 1 atom stereocenters. The van der Waals surface area contributed by atoms with E-state index in [1.165, 1.54) is 29.9 Å². The molecule has 2 aromatic carbocycles. The molecule has 204 valence electrons. The van der Waals surface area contributed by atoms with Crippen molar-refractivity contribution in [2.75, 3.05) is 13.7 Å². The zero-order valence-electron chi connectivity index (χ0n) is 22.6.